The predicted molar refractivity (Wildman–Crippen MR) is 137 cm³/mol. The first-order valence-electron chi connectivity index (χ1n) is 11.3. The van der Waals surface area contributed by atoms with Gasteiger partial charge in [-0.2, -0.15) is 8.42 Å². The van der Waals surface area contributed by atoms with Crippen molar-refractivity contribution in [1.82, 2.24) is 0 Å². The molecule has 0 fully saturated rings. The summed E-state index contributed by atoms with van der Waals surface area (Å²) in [6.07, 6.45) is 0.852. The van der Waals surface area contributed by atoms with Crippen LogP contribution >= 0.6 is 0 Å². The molecule has 0 amide bonds. The third-order valence-corrected chi connectivity index (χ3v) is 6.13. The van der Waals surface area contributed by atoms with Crippen molar-refractivity contribution in [2.45, 2.75) is 19.8 Å². The normalized spacial score (nSPS) is 11.4. The summed E-state index contributed by atoms with van der Waals surface area (Å²) in [5.41, 5.74) is 2.49. The lowest BCUT2D eigenvalue weighted by Gasteiger charge is -2.21. The van der Waals surface area contributed by atoms with E-state index in [-0.39, 0.29) is 46.1 Å². The highest BCUT2D eigenvalue weighted by molar-refractivity contribution is 7.86. The van der Waals surface area contributed by atoms with Gasteiger partial charge < -0.3 is 24.2 Å². The lowest BCUT2D eigenvalue weighted by molar-refractivity contribution is 0.276. The van der Waals surface area contributed by atoms with Crippen LogP contribution in [0.15, 0.2) is 78.9 Å². The van der Waals surface area contributed by atoms with Crippen molar-refractivity contribution < 1.29 is 37.0 Å². The number of aliphatic hydroxyl groups is 2. The van der Waals surface area contributed by atoms with Gasteiger partial charge in [-0.05, 0) is 58.1 Å². The minimum atomic E-state index is -4.08. The minimum Gasteiger partial charge on any atom is -0.508 e. The van der Waals surface area contributed by atoms with Gasteiger partial charge >= 0.3 is 10.1 Å². The number of hydrogen-bond acceptors (Lipinski definition) is 7. The van der Waals surface area contributed by atoms with E-state index in [1.807, 2.05) is 30.3 Å². The first-order chi connectivity index (χ1) is 17.7. The molecule has 0 aromatic heterocycles. The average molecular weight is 525 g/mol. The minimum absolute atomic E-state index is 0.00757. The molecule has 0 radical (unpaired) electrons. The largest absolute Gasteiger partial charge is 0.508 e. The molecule has 3 N–H and O–H groups in total. The summed E-state index contributed by atoms with van der Waals surface area (Å²) in [5.74, 6) is -0.912. The molecular formula is C28H25FO7S. The van der Waals surface area contributed by atoms with Crippen LogP contribution in [0.4, 0.5) is 4.39 Å². The van der Waals surface area contributed by atoms with Crippen LogP contribution in [0.25, 0.3) is 22.3 Å². The third kappa shape index (κ3) is 6.08. The Morgan fingerprint density at radius 1 is 0.865 bits per heavy atom. The summed E-state index contributed by atoms with van der Waals surface area (Å²) in [5, 5.41) is 30.1. The van der Waals surface area contributed by atoms with E-state index < -0.39 is 29.1 Å². The summed E-state index contributed by atoms with van der Waals surface area (Å²) in [6, 6.07) is 20.9. The molecule has 9 heteroatoms. The van der Waals surface area contributed by atoms with Gasteiger partial charge in [-0.15, -0.1) is 0 Å². The second kappa shape index (κ2) is 11.0. The molecule has 0 aliphatic heterocycles. The zero-order valence-corrected chi connectivity index (χ0v) is 20.7. The van der Waals surface area contributed by atoms with Crippen LogP contribution in [0.3, 0.4) is 0 Å². The number of phenols is 1. The average Bonchev–Trinajstić information content (AvgIpc) is 2.87. The summed E-state index contributed by atoms with van der Waals surface area (Å²) >= 11 is 0. The van der Waals surface area contributed by atoms with Crippen LogP contribution in [0.2, 0.25) is 0 Å². The van der Waals surface area contributed by atoms with E-state index in [1.165, 1.54) is 24.3 Å². The first kappa shape index (κ1) is 26.2. The van der Waals surface area contributed by atoms with Crippen molar-refractivity contribution in [3.63, 3.8) is 0 Å². The van der Waals surface area contributed by atoms with Gasteiger partial charge in [0.25, 0.3) is 0 Å². The van der Waals surface area contributed by atoms with Crippen molar-refractivity contribution in [2.24, 2.45) is 0 Å². The lowest BCUT2D eigenvalue weighted by atomic mass is 9.89. The standard InChI is InChI=1S/C28H25FO7S/c1-37(33,34)36-28-24(16-31)23(19-7-10-22(32)11-8-19)13-21(15-30)27(28)20-9-12-26(25(29)14-20)35-17-18-5-3-2-4-6-18/h2-14,30-32H,15-17H2,1H3. The zero-order chi connectivity index (χ0) is 26.6. The molecule has 4 rings (SSSR count). The Balaban J connectivity index is 1.84. The van der Waals surface area contributed by atoms with Crippen LogP contribution in [-0.4, -0.2) is 30.0 Å². The number of phenolic OH excluding ortho intramolecular Hbond substituents is 1. The molecule has 0 aliphatic carbocycles. The number of rotatable bonds is 9. The fourth-order valence-corrected chi connectivity index (χ4v) is 4.49. The molecule has 4 aromatic rings. The molecule has 7 nitrogen and oxygen atoms in total. The van der Waals surface area contributed by atoms with Crippen molar-refractivity contribution in [2.75, 3.05) is 6.26 Å². The number of benzene rings is 4. The van der Waals surface area contributed by atoms with Gasteiger partial charge in [0.15, 0.2) is 17.3 Å². The van der Waals surface area contributed by atoms with E-state index in [9.17, 15) is 23.7 Å². The van der Waals surface area contributed by atoms with E-state index in [0.717, 1.165) is 17.9 Å². The predicted octanol–water partition coefficient (Wildman–Crippen LogP) is 4.77. The Kier molecular flexibility index (Phi) is 7.77. The Labute approximate surface area is 214 Å². The fraction of sp³-hybridized carbons (Fsp3) is 0.143. The van der Waals surface area contributed by atoms with Gasteiger partial charge in [0.2, 0.25) is 0 Å². The van der Waals surface area contributed by atoms with Crippen molar-refractivity contribution in [3.8, 4) is 39.5 Å². The summed E-state index contributed by atoms with van der Waals surface area (Å²) in [4.78, 5) is 0. The molecule has 4 aromatic carbocycles. The third-order valence-electron chi connectivity index (χ3n) is 5.67. The molecule has 0 aliphatic rings. The summed E-state index contributed by atoms with van der Waals surface area (Å²) in [6.45, 7) is -0.988. The van der Waals surface area contributed by atoms with Crippen LogP contribution in [0, 0.1) is 5.82 Å². The smallest absolute Gasteiger partial charge is 0.306 e. The maximum Gasteiger partial charge on any atom is 0.306 e. The molecule has 192 valence electrons. The second-order valence-electron chi connectivity index (χ2n) is 8.34. The first-order valence-corrected chi connectivity index (χ1v) is 13.1. The Morgan fingerprint density at radius 3 is 2.14 bits per heavy atom. The van der Waals surface area contributed by atoms with E-state index >= 15 is 4.39 Å². The maximum atomic E-state index is 15.1. The van der Waals surface area contributed by atoms with Crippen molar-refractivity contribution in [1.29, 1.82) is 0 Å². The number of ether oxygens (including phenoxy) is 1. The van der Waals surface area contributed by atoms with Crippen LogP contribution in [0.1, 0.15) is 16.7 Å². The number of aromatic hydroxyl groups is 1. The van der Waals surface area contributed by atoms with Gasteiger partial charge in [-0.25, -0.2) is 4.39 Å². The van der Waals surface area contributed by atoms with Gasteiger partial charge in [0, 0.05) is 11.1 Å². The quantitative estimate of drug-likeness (QED) is 0.270. The van der Waals surface area contributed by atoms with Crippen LogP contribution in [-0.2, 0) is 29.9 Å². The van der Waals surface area contributed by atoms with E-state index in [2.05, 4.69) is 0 Å². The fourth-order valence-electron chi connectivity index (χ4n) is 4.00. The second-order valence-corrected chi connectivity index (χ2v) is 9.91. The lowest BCUT2D eigenvalue weighted by Crippen LogP contribution is -2.11. The van der Waals surface area contributed by atoms with E-state index in [4.69, 9.17) is 8.92 Å². The van der Waals surface area contributed by atoms with Gasteiger partial charge in [0.1, 0.15) is 12.4 Å². The number of hydrogen-bond donors (Lipinski definition) is 3. The highest BCUT2D eigenvalue weighted by Gasteiger charge is 2.24. The zero-order valence-electron chi connectivity index (χ0n) is 19.9. The molecule has 0 spiro atoms. The van der Waals surface area contributed by atoms with Gasteiger partial charge in [-0.1, -0.05) is 48.5 Å². The Morgan fingerprint density at radius 2 is 1.54 bits per heavy atom. The topological polar surface area (TPSA) is 113 Å². The van der Waals surface area contributed by atoms with Crippen molar-refractivity contribution in [3.05, 3.63) is 101 Å². The van der Waals surface area contributed by atoms with Crippen LogP contribution in [0.5, 0.6) is 17.2 Å². The Hall–Kier alpha value is -3.92. The highest BCUT2D eigenvalue weighted by atomic mass is 32.2. The summed E-state index contributed by atoms with van der Waals surface area (Å²) in [7, 11) is -4.08. The van der Waals surface area contributed by atoms with E-state index in [1.54, 1.807) is 18.2 Å². The van der Waals surface area contributed by atoms with Gasteiger partial charge in [-0.3, -0.25) is 0 Å². The SMILES string of the molecule is CS(=O)(=O)Oc1c(CO)c(-c2ccc(O)cc2)cc(CO)c1-c1ccc(OCc2ccccc2)c(F)c1. The number of aliphatic hydroxyl groups excluding tert-OH is 2. The molecular weight excluding hydrogens is 499 g/mol. The summed E-state index contributed by atoms with van der Waals surface area (Å²) < 4.78 is 50.4. The monoisotopic (exact) mass is 524 g/mol. The molecule has 0 bridgehead atoms. The van der Waals surface area contributed by atoms with E-state index in [0.29, 0.717) is 11.1 Å². The molecule has 0 saturated heterocycles. The molecule has 0 saturated carbocycles. The maximum absolute atomic E-state index is 15.1. The molecule has 0 unspecified atom stereocenters. The number of halogens is 1. The van der Waals surface area contributed by atoms with Crippen LogP contribution < -0.4 is 8.92 Å². The molecule has 0 atom stereocenters. The highest BCUT2D eigenvalue weighted by Crippen LogP contribution is 2.44. The van der Waals surface area contributed by atoms with Crippen molar-refractivity contribution >= 4 is 10.1 Å². The molecule has 0 heterocycles. The Bertz CT molecular complexity index is 1500. The van der Waals surface area contributed by atoms with Gasteiger partial charge in [0.05, 0.1) is 19.5 Å². The molecule has 37 heavy (non-hydrogen) atoms.